The molecule has 0 bridgehead atoms. The molecule has 0 fully saturated rings. The lowest BCUT2D eigenvalue weighted by molar-refractivity contribution is -0.152. The lowest BCUT2D eigenvalue weighted by Crippen LogP contribution is -2.35. The molecular weight excluding hydrogens is 438 g/mol. The van der Waals surface area contributed by atoms with Gasteiger partial charge in [-0.05, 0) is 49.4 Å². The third-order valence-corrected chi connectivity index (χ3v) is 4.13. The van der Waals surface area contributed by atoms with Gasteiger partial charge in [0, 0.05) is 11.3 Å². The molecule has 1 atom stereocenters. The summed E-state index contributed by atoms with van der Waals surface area (Å²) >= 11 is 5.82. The molecule has 0 spiro atoms. The highest BCUT2D eigenvalue weighted by atomic mass is 35.5. The predicted octanol–water partition coefficient (Wildman–Crippen LogP) is 3.25. The summed E-state index contributed by atoms with van der Waals surface area (Å²) in [7, 11) is 1.49. The number of methoxy groups -OCH3 is 1. The highest BCUT2D eigenvalue weighted by Gasteiger charge is 2.19. The second kappa shape index (κ2) is 11.1. The van der Waals surface area contributed by atoms with Gasteiger partial charge in [0.15, 0.2) is 6.10 Å². The molecular formula is C20H19ClF2N2O6. The van der Waals surface area contributed by atoms with Crippen LogP contribution in [0.3, 0.4) is 0 Å². The van der Waals surface area contributed by atoms with Gasteiger partial charge in [-0.1, -0.05) is 11.6 Å². The lowest BCUT2D eigenvalue weighted by Gasteiger charge is -2.14. The van der Waals surface area contributed by atoms with E-state index in [0.29, 0.717) is 11.3 Å². The number of hydrogen-bond acceptors (Lipinski definition) is 6. The Balaban J connectivity index is 1.82. The molecule has 0 saturated carbocycles. The molecule has 0 aliphatic carbocycles. The van der Waals surface area contributed by atoms with Crippen molar-refractivity contribution in [1.82, 2.24) is 5.32 Å². The number of alkyl halides is 2. The van der Waals surface area contributed by atoms with E-state index in [-0.39, 0.29) is 16.5 Å². The zero-order valence-corrected chi connectivity index (χ0v) is 17.2. The number of carbonyl (C=O) groups is 3. The fourth-order valence-electron chi connectivity index (χ4n) is 2.30. The molecule has 0 saturated heterocycles. The van der Waals surface area contributed by atoms with E-state index in [2.05, 4.69) is 15.4 Å². The van der Waals surface area contributed by atoms with Crippen LogP contribution in [0.1, 0.15) is 17.3 Å². The van der Waals surface area contributed by atoms with E-state index in [9.17, 15) is 23.2 Å². The molecule has 2 amide bonds. The van der Waals surface area contributed by atoms with Crippen molar-refractivity contribution >= 4 is 35.1 Å². The number of benzene rings is 2. The lowest BCUT2D eigenvalue weighted by atomic mass is 10.2. The fraction of sp³-hybridized carbons (Fsp3) is 0.250. The van der Waals surface area contributed by atoms with Gasteiger partial charge in [0.25, 0.3) is 11.8 Å². The Hall–Kier alpha value is -3.40. The smallest absolute Gasteiger partial charge is 0.387 e. The summed E-state index contributed by atoms with van der Waals surface area (Å²) in [5.41, 5.74) is 0.503. The highest BCUT2D eigenvalue weighted by molar-refractivity contribution is 6.32. The van der Waals surface area contributed by atoms with Crippen LogP contribution in [0.25, 0.3) is 0 Å². The normalized spacial score (nSPS) is 11.4. The van der Waals surface area contributed by atoms with E-state index in [4.69, 9.17) is 21.1 Å². The summed E-state index contributed by atoms with van der Waals surface area (Å²) in [5, 5.41) is 4.67. The molecule has 2 N–H and O–H groups in total. The number of anilines is 1. The number of carbonyl (C=O) groups excluding carboxylic acids is 3. The van der Waals surface area contributed by atoms with Crippen molar-refractivity contribution in [3.63, 3.8) is 0 Å². The average Bonchev–Trinajstić information content (AvgIpc) is 2.73. The van der Waals surface area contributed by atoms with Gasteiger partial charge >= 0.3 is 12.6 Å². The number of ether oxygens (including phenoxy) is 3. The minimum absolute atomic E-state index is 0.135. The first-order valence-electron chi connectivity index (χ1n) is 8.86. The van der Waals surface area contributed by atoms with Crippen molar-refractivity contribution in [2.24, 2.45) is 0 Å². The van der Waals surface area contributed by atoms with E-state index in [1.165, 1.54) is 38.3 Å². The van der Waals surface area contributed by atoms with Gasteiger partial charge < -0.3 is 24.8 Å². The van der Waals surface area contributed by atoms with E-state index < -0.39 is 37.0 Å². The molecule has 11 heteroatoms. The van der Waals surface area contributed by atoms with Crippen LogP contribution in [0.5, 0.6) is 11.5 Å². The standard InChI is InChI=1S/C20H19ClF2N2O6/c1-11(18(27)25-13-5-8-16(15(21)9-13)31-20(22)23)30-17(26)10-24-19(28)12-3-6-14(29-2)7-4-12/h3-9,11,20H,10H2,1-2H3,(H,24,28)(H,25,27). The monoisotopic (exact) mass is 456 g/mol. The van der Waals surface area contributed by atoms with Gasteiger partial charge in [-0.3, -0.25) is 14.4 Å². The van der Waals surface area contributed by atoms with Crippen molar-refractivity contribution in [2.45, 2.75) is 19.6 Å². The molecule has 2 aromatic rings. The van der Waals surface area contributed by atoms with Crippen LogP contribution in [0.2, 0.25) is 5.02 Å². The number of hydrogen-bond donors (Lipinski definition) is 2. The summed E-state index contributed by atoms with van der Waals surface area (Å²) in [6, 6.07) is 9.91. The van der Waals surface area contributed by atoms with Crippen molar-refractivity contribution in [2.75, 3.05) is 19.0 Å². The van der Waals surface area contributed by atoms with Crippen LogP contribution in [0.15, 0.2) is 42.5 Å². The number of rotatable bonds is 9. The third-order valence-electron chi connectivity index (χ3n) is 3.84. The Bertz CT molecular complexity index is 940. The molecule has 166 valence electrons. The molecule has 0 heterocycles. The predicted molar refractivity (Wildman–Crippen MR) is 108 cm³/mol. The Morgan fingerprint density at radius 1 is 1.10 bits per heavy atom. The molecule has 2 aromatic carbocycles. The Morgan fingerprint density at radius 3 is 2.35 bits per heavy atom. The average molecular weight is 457 g/mol. The Labute approximate surface area is 181 Å². The minimum Gasteiger partial charge on any atom is -0.497 e. The van der Waals surface area contributed by atoms with Gasteiger partial charge in [0.2, 0.25) is 0 Å². The zero-order chi connectivity index (χ0) is 23.0. The number of esters is 1. The first-order chi connectivity index (χ1) is 14.7. The molecule has 8 nitrogen and oxygen atoms in total. The van der Waals surface area contributed by atoms with Crippen LogP contribution in [0.4, 0.5) is 14.5 Å². The van der Waals surface area contributed by atoms with Gasteiger partial charge in [-0.2, -0.15) is 8.78 Å². The Morgan fingerprint density at radius 2 is 1.77 bits per heavy atom. The zero-order valence-electron chi connectivity index (χ0n) is 16.5. The molecule has 2 rings (SSSR count). The van der Waals surface area contributed by atoms with Crippen LogP contribution in [0, 0.1) is 0 Å². The quantitative estimate of drug-likeness (QED) is 0.561. The van der Waals surface area contributed by atoms with E-state index >= 15 is 0 Å². The molecule has 31 heavy (non-hydrogen) atoms. The van der Waals surface area contributed by atoms with Crippen molar-refractivity contribution < 1.29 is 37.4 Å². The number of halogens is 3. The summed E-state index contributed by atoms with van der Waals surface area (Å²) in [5.74, 6) is -1.69. The second-order valence-electron chi connectivity index (χ2n) is 6.06. The summed E-state index contributed by atoms with van der Waals surface area (Å²) in [4.78, 5) is 36.1. The van der Waals surface area contributed by atoms with Gasteiger partial charge in [0.05, 0.1) is 12.1 Å². The van der Waals surface area contributed by atoms with Crippen molar-refractivity contribution in [3.8, 4) is 11.5 Å². The van der Waals surface area contributed by atoms with Gasteiger partial charge in [-0.15, -0.1) is 0 Å². The molecule has 0 aromatic heterocycles. The van der Waals surface area contributed by atoms with Crippen molar-refractivity contribution in [1.29, 1.82) is 0 Å². The van der Waals surface area contributed by atoms with Crippen LogP contribution < -0.4 is 20.1 Å². The minimum atomic E-state index is -3.04. The van der Waals surface area contributed by atoms with Crippen molar-refractivity contribution in [3.05, 3.63) is 53.1 Å². The van der Waals surface area contributed by atoms with Crippen LogP contribution in [-0.2, 0) is 14.3 Å². The molecule has 0 aliphatic heterocycles. The largest absolute Gasteiger partial charge is 0.497 e. The summed E-state index contributed by atoms with van der Waals surface area (Å²) in [6.45, 7) is -2.16. The van der Waals surface area contributed by atoms with Crippen LogP contribution >= 0.6 is 11.6 Å². The summed E-state index contributed by atoms with van der Waals surface area (Å²) in [6.07, 6.45) is -1.19. The highest BCUT2D eigenvalue weighted by Crippen LogP contribution is 2.29. The van der Waals surface area contributed by atoms with E-state index in [1.807, 2.05) is 0 Å². The molecule has 0 aliphatic rings. The first-order valence-corrected chi connectivity index (χ1v) is 9.24. The number of amides is 2. The first kappa shape index (κ1) is 23.9. The molecule has 0 radical (unpaired) electrons. The fourth-order valence-corrected chi connectivity index (χ4v) is 2.53. The Kier molecular flexibility index (Phi) is 8.56. The molecule has 1 unspecified atom stereocenters. The van der Waals surface area contributed by atoms with E-state index in [1.54, 1.807) is 12.1 Å². The summed E-state index contributed by atoms with van der Waals surface area (Å²) < 4.78 is 38.7. The maximum absolute atomic E-state index is 12.2. The topological polar surface area (TPSA) is 103 Å². The SMILES string of the molecule is COc1ccc(C(=O)NCC(=O)OC(C)C(=O)Nc2ccc(OC(F)F)c(Cl)c2)cc1. The van der Waals surface area contributed by atoms with E-state index in [0.717, 1.165) is 6.07 Å². The number of nitrogens with one attached hydrogen (secondary N) is 2. The second-order valence-corrected chi connectivity index (χ2v) is 6.46. The third kappa shape index (κ3) is 7.41. The van der Waals surface area contributed by atoms with Gasteiger partial charge in [0.1, 0.15) is 18.0 Å². The van der Waals surface area contributed by atoms with Gasteiger partial charge in [-0.25, -0.2) is 0 Å². The maximum Gasteiger partial charge on any atom is 0.387 e. The van der Waals surface area contributed by atoms with Crippen LogP contribution in [-0.4, -0.2) is 44.2 Å². The maximum atomic E-state index is 12.2.